The number of nitrogens with zero attached hydrogens (tertiary/aromatic N) is 3. The van der Waals surface area contributed by atoms with E-state index in [0.717, 1.165) is 5.56 Å². The molecule has 5 nitrogen and oxygen atoms in total. The van der Waals surface area contributed by atoms with Crippen molar-refractivity contribution in [2.45, 2.75) is 32.2 Å². The van der Waals surface area contributed by atoms with Gasteiger partial charge in [-0.05, 0) is 44.4 Å². The molecule has 5 heteroatoms. The Balaban J connectivity index is 2.08. The maximum Gasteiger partial charge on any atom is 0.271 e. The van der Waals surface area contributed by atoms with Crippen LogP contribution in [0.25, 0.3) is 0 Å². The van der Waals surface area contributed by atoms with Crippen molar-refractivity contribution in [3.63, 3.8) is 0 Å². The Morgan fingerprint density at radius 3 is 2.50 bits per heavy atom. The van der Waals surface area contributed by atoms with Gasteiger partial charge in [0, 0.05) is 0 Å². The first-order valence-corrected chi connectivity index (χ1v) is 7.63. The summed E-state index contributed by atoms with van der Waals surface area (Å²) >= 11 is 0. The summed E-state index contributed by atoms with van der Waals surface area (Å²) in [6.45, 7) is 3.37. The highest BCUT2D eigenvalue weighted by molar-refractivity contribution is 5.93. The van der Waals surface area contributed by atoms with E-state index in [1.54, 1.807) is 19.9 Å². The number of carbonyl (C=O) groups is 1. The van der Waals surface area contributed by atoms with Gasteiger partial charge in [-0.15, -0.1) is 0 Å². The number of aryl methyl sites for hydroxylation is 2. The number of benzene rings is 1. The second-order valence-corrected chi connectivity index (χ2v) is 5.82. The number of rotatable bonds is 5. The summed E-state index contributed by atoms with van der Waals surface area (Å²) < 4.78 is 0. The van der Waals surface area contributed by atoms with E-state index in [2.05, 4.69) is 16.4 Å². The Hall–Kier alpha value is -3.18. The molecule has 24 heavy (non-hydrogen) atoms. The predicted octanol–water partition coefficient (Wildman–Crippen LogP) is 2.91. The van der Waals surface area contributed by atoms with Crippen LogP contribution >= 0.6 is 0 Å². The zero-order valence-corrected chi connectivity index (χ0v) is 13.7. The monoisotopic (exact) mass is 318 g/mol. The number of carbonyl (C=O) groups excluding carboxylic acids is 1. The number of amides is 1. The van der Waals surface area contributed by atoms with Gasteiger partial charge in [-0.3, -0.25) is 4.79 Å². The fourth-order valence-electron chi connectivity index (χ4n) is 2.31. The maximum absolute atomic E-state index is 12.4. The highest BCUT2D eigenvalue weighted by Crippen LogP contribution is 2.15. The zero-order chi connectivity index (χ0) is 17.6. The van der Waals surface area contributed by atoms with Gasteiger partial charge in [0.2, 0.25) is 0 Å². The standard InChI is InChI=1S/C19H18N4O/c1-14-16(12-20)8-9-17(22-14)18(24)23-19(2,13-21)11-10-15-6-4-3-5-7-15/h3-9H,10-11H2,1-2H3,(H,23,24). The molecule has 1 atom stereocenters. The molecule has 1 aromatic carbocycles. The van der Waals surface area contributed by atoms with E-state index in [-0.39, 0.29) is 5.69 Å². The van der Waals surface area contributed by atoms with Crippen LogP contribution in [0.1, 0.15) is 40.7 Å². The Kier molecular flexibility index (Phi) is 5.29. The number of hydrogen-bond donors (Lipinski definition) is 1. The van der Waals surface area contributed by atoms with Gasteiger partial charge in [-0.2, -0.15) is 10.5 Å². The average molecular weight is 318 g/mol. The van der Waals surface area contributed by atoms with Crippen LogP contribution in [0, 0.1) is 29.6 Å². The Morgan fingerprint density at radius 2 is 1.92 bits per heavy atom. The molecule has 1 amide bonds. The Labute approximate surface area is 141 Å². The molecule has 1 N–H and O–H groups in total. The quantitative estimate of drug-likeness (QED) is 0.918. The molecule has 0 aliphatic heterocycles. The summed E-state index contributed by atoms with van der Waals surface area (Å²) in [6, 6.07) is 17.1. The minimum Gasteiger partial charge on any atom is -0.333 e. The highest BCUT2D eigenvalue weighted by Gasteiger charge is 2.27. The third-order valence-electron chi connectivity index (χ3n) is 3.83. The molecule has 0 fully saturated rings. The number of nitrogens with one attached hydrogen (secondary N) is 1. The fraction of sp³-hybridized carbons (Fsp3) is 0.263. The van der Waals surface area contributed by atoms with Crippen molar-refractivity contribution in [1.82, 2.24) is 10.3 Å². The van der Waals surface area contributed by atoms with Crippen molar-refractivity contribution in [3.8, 4) is 12.1 Å². The highest BCUT2D eigenvalue weighted by atomic mass is 16.2. The lowest BCUT2D eigenvalue weighted by molar-refractivity contribution is 0.0916. The number of nitriles is 2. The number of pyridine rings is 1. The predicted molar refractivity (Wildman–Crippen MR) is 89.9 cm³/mol. The minimum atomic E-state index is -0.990. The molecule has 0 spiro atoms. The van der Waals surface area contributed by atoms with Gasteiger partial charge in [0.05, 0.1) is 17.3 Å². The van der Waals surface area contributed by atoms with E-state index >= 15 is 0 Å². The van der Waals surface area contributed by atoms with E-state index in [1.165, 1.54) is 6.07 Å². The molecule has 2 rings (SSSR count). The molecule has 0 aliphatic rings. The van der Waals surface area contributed by atoms with Crippen molar-refractivity contribution in [2.75, 3.05) is 0 Å². The molecule has 0 bridgehead atoms. The van der Waals surface area contributed by atoms with Gasteiger partial charge >= 0.3 is 0 Å². The molecule has 1 heterocycles. The first-order valence-electron chi connectivity index (χ1n) is 7.63. The molecule has 0 saturated heterocycles. The lowest BCUT2D eigenvalue weighted by Gasteiger charge is -2.23. The average Bonchev–Trinajstić information content (AvgIpc) is 2.61. The van der Waals surface area contributed by atoms with E-state index in [4.69, 9.17) is 5.26 Å². The third-order valence-corrected chi connectivity index (χ3v) is 3.83. The van der Waals surface area contributed by atoms with Crippen LogP contribution in [0.4, 0.5) is 0 Å². The maximum atomic E-state index is 12.4. The largest absolute Gasteiger partial charge is 0.333 e. The first kappa shape index (κ1) is 17.2. The van der Waals surface area contributed by atoms with Crippen molar-refractivity contribution >= 4 is 5.91 Å². The molecule has 2 aromatic rings. The second-order valence-electron chi connectivity index (χ2n) is 5.82. The molecule has 1 aromatic heterocycles. The van der Waals surface area contributed by atoms with Crippen LogP contribution in [0.3, 0.4) is 0 Å². The molecular formula is C19H18N4O. The molecule has 120 valence electrons. The lowest BCUT2D eigenvalue weighted by atomic mass is 9.94. The van der Waals surface area contributed by atoms with Crippen LogP contribution in [-0.4, -0.2) is 16.4 Å². The van der Waals surface area contributed by atoms with Crippen molar-refractivity contribution in [2.24, 2.45) is 0 Å². The van der Waals surface area contributed by atoms with Crippen LogP contribution in [-0.2, 0) is 6.42 Å². The molecule has 0 radical (unpaired) electrons. The van der Waals surface area contributed by atoms with Crippen molar-refractivity contribution < 1.29 is 4.79 Å². The topological polar surface area (TPSA) is 89.6 Å². The van der Waals surface area contributed by atoms with E-state index < -0.39 is 11.4 Å². The van der Waals surface area contributed by atoms with E-state index in [0.29, 0.717) is 24.1 Å². The van der Waals surface area contributed by atoms with E-state index in [9.17, 15) is 10.1 Å². The van der Waals surface area contributed by atoms with Gasteiger partial charge in [-0.25, -0.2) is 4.98 Å². The van der Waals surface area contributed by atoms with Gasteiger partial charge in [0.25, 0.3) is 5.91 Å². The molecular weight excluding hydrogens is 300 g/mol. The van der Waals surface area contributed by atoms with Gasteiger partial charge in [0.15, 0.2) is 0 Å². The minimum absolute atomic E-state index is 0.202. The molecule has 1 unspecified atom stereocenters. The summed E-state index contributed by atoms with van der Waals surface area (Å²) in [6.07, 6.45) is 1.18. The summed E-state index contributed by atoms with van der Waals surface area (Å²) in [5, 5.41) is 21.1. The zero-order valence-electron chi connectivity index (χ0n) is 13.7. The smallest absolute Gasteiger partial charge is 0.271 e. The fourth-order valence-corrected chi connectivity index (χ4v) is 2.31. The van der Waals surface area contributed by atoms with Crippen LogP contribution in [0.2, 0.25) is 0 Å². The summed E-state index contributed by atoms with van der Waals surface area (Å²) in [4.78, 5) is 16.5. The van der Waals surface area contributed by atoms with E-state index in [1.807, 2.05) is 36.4 Å². The SMILES string of the molecule is Cc1nc(C(=O)NC(C)(C#N)CCc2ccccc2)ccc1C#N. The summed E-state index contributed by atoms with van der Waals surface area (Å²) in [7, 11) is 0. The normalized spacial score (nSPS) is 12.5. The van der Waals surface area contributed by atoms with Crippen molar-refractivity contribution in [1.29, 1.82) is 10.5 Å². The van der Waals surface area contributed by atoms with Crippen LogP contribution in [0.5, 0.6) is 0 Å². The second kappa shape index (κ2) is 7.39. The third kappa shape index (κ3) is 4.18. The number of hydrogen-bond acceptors (Lipinski definition) is 4. The summed E-state index contributed by atoms with van der Waals surface area (Å²) in [5.41, 5.74) is 1.25. The van der Waals surface area contributed by atoms with Gasteiger partial charge in [0.1, 0.15) is 17.3 Å². The van der Waals surface area contributed by atoms with Crippen molar-refractivity contribution in [3.05, 3.63) is 65.0 Å². The van der Waals surface area contributed by atoms with Gasteiger partial charge < -0.3 is 5.32 Å². The number of aromatic nitrogens is 1. The Morgan fingerprint density at radius 1 is 1.21 bits per heavy atom. The Bertz CT molecular complexity index is 817. The molecule has 0 aliphatic carbocycles. The molecule has 0 saturated carbocycles. The summed E-state index contributed by atoms with van der Waals surface area (Å²) in [5.74, 6) is -0.417. The van der Waals surface area contributed by atoms with Crippen LogP contribution < -0.4 is 5.32 Å². The van der Waals surface area contributed by atoms with Crippen LogP contribution in [0.15, 0.2) is 42.5 Å². The first-order chi connectivity index (χ1) is 11.5. The lowest BCUT2D eigenvalue weighted by Crippen LogP contribution is -2.45. The van der Waals surface area contributed by atoms with Gasteiger partial charge in [-0.1, -0.05) is 30.3 Å².